The van der Waals surface area contributed by atoms with E-state index in [-0.39, 0.29) is 12.5 Å². The number of benzene rings is 3. The highest BCUT2D eigenvalue weighted by molar-refractivity contribution is 6.35. The Morgan fingerprint density at radius 1 is 0.976 bits per heavy atom. The van der Waals surface area contributed by atoms with Gasteiger partial charge in [0.25, 0.3) is 0 Å². The van der Waals surface area contributed by atoms with Crippen molar-refractivity contribution in [1.29, 1.82) is 5.26 Å². The minimum atomic E-state index is -0.565. The number of nitrogens with zero attached hydrogens (tertiary/aromatic N) is 2. The number of halogens is 2. The number of nitriles is 1. The van der Waals surface area contributed by atoms with Crippen LogP contribution in [0.3, 0.4) is 0 Å². The normalized spacial score (nSPS) is 21.0. The van der Waals surface area contributed by atoms with Crippen molar-refractivity contribution >= 4 is 34.8 Å². The number of likely N-dealkylation sites (tertiary alicyclic amines) is 1. The lowest BCUT2D eigenvalue weighted by molar-refractivity contribution is -0.135. The molecule has 3 aromatic rings. The molecule has 5 nitrogen and oxygen atoms in total. The molecule has 1 aliphatic carbocycles. The first kappa shape index (κ1) is 29.6. The Bertz CT molecular complexity index is 1370. The minimum absolute atomic E-state index is 0.0724. The van der Waals surface area contributed by atoms with E-state index in [1.165, 1.54) is 32.1 Å². The summed E-state index contributed by atoms with van der Waals surface area (Å²) in [6, 6.07) is 23.9. The van der Waals surface area contributed by atoms with Crippen molar-refractivity contribution in [2.24, 2.45) is 5.92 Å². The maximum absolute atomic E-state index is 13.0. The number of piperidine rings is 1. The predicted molar refractivity (Wildman–Crippen MR) is 166 cm³/mol. The lowest BCUT2D eigenvalue weighted by Crippen LogP contribution is -2.48. The fraction of sp³-hybridized carbons (Fsp3) is 0.412. The number of hydrogen-bond donors (Lipinski definition) is 1. The van der Waals surface area contributed by atoms with Crippen LogP contribution in [0.25, 0.3) is 11.1 Å². The fourth-order valence-electron chi connectivity index (χ4n) is 6.36. The highest BCUT2D eigenvalue weighted by atomic mass is 35.5. The van der Waals surface area contributed by atoms with E-state index in [0.29, 0.717) is 27.3 Å². The summed E-state index contributed by atoms with van der Waals surface area (Å²) in [7, 11) is 0. The number of rotatable bonds is 7. The highest BCUT2D eigenvalue weighted by Crippen LogP contribution is 2.40. The first-order valence-corrected chi connectivity index (χ1v) is 15.3. The molecule has 2 unspecified atom stereocenters. The van der Waals surface area contributed by atoms with Gasteiger partial charge in [0.05, 0.1) is 17.2 Å². The number of carbonyl (C=O) groups excluding carboxylic acids is 1. The van der Waals surface area contributed by atoms with Gasteiger partial charge in [-0.15, -0.1) is 0 Å². The smallest absolute Gasteiger partial charge is 0.250 e. The molecule has 0 spiro atoms. The molecule has 7 heteroatoms. The molecule has 1 amide bonds. The third-order valence-corrected chi connectivity index (χ3v) is 9.15. The summed E-state index contributed by atoms with van der Waals surface area (Å²) in [6.07, 6.45) is 8.08. The van der Waals surface area contributed by atoms with Crippen molar-refractivity contribution in [2.45, 2.75) is 63.5 Å². The van der Waals surface area contributed by atoms with E-state index in [1.54, 1.807) is 18.2 Å². The Kier molecular flexibility index (Phi) is 9.68. The lowest BCUT2D eigenvalue weighted by Gasteiger charge is -2.44. The minimum Gasteiger partial charge on any atom is -0.360 e. The van der Waals surface area contributed by atoms with Crippen LogP contribution in [0.4, 0.5) is 5.69 Å². The van der Waals surface area contributed by atoms with E-state index in [9.17, 15) is 10.1 Å². The molecule has 0 bridgehead atoms. The van der Waals surface area contributed by atoms with Gasteiger partial charge in [-0.05, 0) is 85.0 Å². The van der Waals surface area contributed by atoms with E-state index in [0.717, 1.165) is 48.5 Å². The molecule has 2 atom stereocenters. The first-order chi connectivity index (χ1) is 19.8. The molecular weight excluding hydrogens is 553 g/mol. The van der Waals surface area contributed by atoms with Crippen LogP contribution in [0, 0.1) is 17.2 Å². The van der Waals surface area contributed by atoms with Gasteiger partial charge in [-0.1, -0.05) is 79.4 Å². The monoisotopic (exact) mass is 589 g/mol. The van der Waals surface area contributed by atoms with Crippen LogP contribution in [0.1, 0.15) is 63.0 Å². The summed E-state index contributed by atoms with van der Waals surface area (Å²) in [5, 5.41) is 13.1. The molecule has 1 N–H and O–H groups in total. The van der Waals surface area contributed by atoms with Gasteiger partial charge < -0.3 is 15.0 Å². The molecule has 0 radical (unpaired) electrons. The number of hydrogen-bond acceptors (Lipinski definition) is 4. The van der Waals surface area contributed by atoms with Crippen LogP contribution in [0.15, 0.2) is 66.7 Å². The summed E-state index contributed by atoms with van der Waals surface area (Å²) < 4.78 is 6.56. The Labute approximate surface area is 253 Å². The quantitative estimate of drug-likeness (QED) is 0.281. The Hall–Kier alpha value is -2.88. The topological polar surface area (TPSA) is 65.4 Å². The molecule has 1 saturated carbocycles. The summed E-state index contributed by atoms with van der Waals surface area (Å²) in [6.45, 7) is 4.18. The van der Waals surface area contributed by atoms with Crippen LogP contribution in [0.5, 0.6) is 0 Å². The Morgan fingerprint density at radius 2 is 1.71 bits per heavy atom. The standard InChI is InChI=1S/C34H37Cl2N3O2/c1-24-4-2-7-32(13-8-24)39-16-14-34(15-17-39,41-23-33(40)38-31-20-29(35)19-30(36)21-31)28-11-9-26(10-12-28)27-6-3-5-25(18-27)22-37/h3,5-6,9-12,18-21,24,32H,2,4,7-8,13-17,23H2,1H3,(H,38,40). The van der Waals surface area contributed by atoms with Gasteiger partial charge in [-0.25, -0.2) is 0 Å². The molecule has 2 fully saturated rings. The van der Waals surface area contributed by atoms with Crippen LogP contribution >= 0.6 is 23.2 Å². The molecule has 1 aliphatic heterocycles. The maximum atomic E-state index is 13.0. The second-order valence-corrected chi connectivity index (χ2v) is 12.4. The number of carbonyl (C=O) groups is 1. The van der Waals surface area contributed by atoms with Gasteiger partial charge in [0.1, 0.15) is 6.61 Å². The molecule has 2 aliphatic rings. The van der Waals surface area contributed by atoms with Crippen molar-refractivity contribution in [3.05, 3.63) is 87.9 Å². The molecule has 5 rings (SSSR count). The first-order valence-electron chi connectivity index (χ1n) is 14.6. The summed E-state index contributed by atoms with van der Waals surface area (Å²) in [5.41, 5.74) is 3.74. The largest absolute Gasteiger partial charge is 0.360 e. The highest BCUT2D eigenvalue weighted by Gasteiger charge is 2.39. The number of amides is 1. The van der Waals surface area contributed by atoms with E-state index < -0.39 is 5.60 Å². The molecule has 0 aromatic heterocycles. The van der Waals surface area contributed by atoms with Crippen molar-refractivity contribution in [3.8, 4) is 17.2 Å². The maximum Gasteiger partial charge on any atom is 0.250 e. The molecule has 41 heavy (non-hydrogen) atoms. The molecule has 1 saturated heterocycles. The number of anilines is 1. The predicted octanol–water partition coefficient (Wildman–Crippen LogP) is 8.45. The van der Waals surface area contributed by atoms with Gasteiger partial charge in [-0.2, -0.15) is 5.26 Å². The van der Waals surface area contributed by atoms with E-state index >= 15 is 0 Å². The number of nitrogens with one attached hydrogen (secondary N) is 1. The summed E-state index contributed by atoms with van der Waals surface area (Å²) >= 11 is 12.2. The third-order valence-electron chi connectivity index (χ3n) is 8.71. The van der Waals surface area contributed by atoms with Gasteiger partial charge >= 0.3 is 0 Å². The lowest BCUT2D eigenvalue weighted by atomic mass is 9.82. The average Bonchev–Trinajstić information content (AvgIpc) is 3.20. The number of ether oxygens (including phenoxy) is 1. The summed E-state index contributed by atoms with van der Waals surface area (Å²) in [4.78, 5) is 15.6. The second kappa shape index (κ2) is 13.4. The van der Waals surface area contributed by atoms with Gasteiger partial charge in [-0.3, -0.25) is 4.79 Å². The zero-order chi connectivity index (χ0) is 28.8. The zero-order valence-corrected chi connectivity index (χ0v) is 25.1. The van der Waals surface area contributed by atoms with E-state index in [2.05, 4.69) is 47.5 Å². The van der Waals surface area contributed by atoms with Crippen LogP contribution in [0.2, 0.25) is 10.0 Å². The molecule has 214 valence electrons. The Balaban J connectivity index is 1.33. The van der Waals surface area contributed by atoms with Crippen LogP contribution in [-0.4, -0.2) is 36.5 Å². The zero-order valence-electron chi connectivity index (χ0n) is 23.5. The van der Waals surface area contributed by atoms with Crippen molar-refractivity contribution in [3.63, 3.8) is 0 Å². The molecule has 3 aromatic carbocycles. The molecule has 1 heterocycles. The fourth-order valence-corrected chi connectivity index (χ4v) is 6.89. The van der Waals surface area contributed by atoms with Gasteiger partial charge in [0, 0.05) is 34.9 Å². The summed E-state index contributed by atoms with van der Waals surface area (Å²) in [5.74, 6) is 0.570. The molecular formula is C34H37Cl2N3O2. The van der Waals surface area contributed by atoms with E-state index in [4.69, 9.17) is 27.9 Å². The van der Waals surface area contributed by atoms with Crippen LogP contribution < -0.4 is 5.32 Å². The Morgan fingerprint density at radius 3 is 2.41 bits per heavy atom. The van der Waals surface area contributed by atoms with E-state index in [1.807, 2.05) is 24.3 Å². The van der Waals surface area contributed by atoms with Gasteiger partial charge in [0.2, 0.25) is 5.91 Å². The average molecular weight is 591 g/mol. The van der Waals surface area contributed by atoms with Crippen molar-refractivity contribution < 1.29 is 9.53 Å². The van der Waals surface area contributed by atoms with Gasteiger partial charge in [0.15, 0.2) is 0 Å². The second-order valence-electron chi connectivity index (χ2n) is 11.6. The SMILES string of the molecule is CC1CCCC(N2CCC(OCC(=O)Nc3cc(Cl)cc(Cl)c3)(c3ccc(-c4cccc(C#N)c4)cc3)CC2)CC1. The van der Waals surface area contributed by atoms with Crippen molar-refractivity contribution in [1.82, 2.24) is 4.90 Å². The van der Waals surface area contributed by atoms with Crippen LogP contribution in [-0.2, 0) is 15.1 Å². The third kappa shape index (κ3) is 7.50. The van der Waals surface area contributed by atoms with Crippen molar-refractivity contribution in [2.75, 3.05) is 25.0 Å².